The summed E-state index contributed by atoms with van der Waals surface area (Å²) in [6.07, 6.45) is 3.87. The van der Waals surface area contributed by atoms with Gasteiger partial charge in [0.1, 0.15) is 4.60 Å². The minimum atomic E-state index is 0.954. The smallest absolute Gasteiger partial charge is 0.127 e. The van der Waals surface area contributed by atoms with Gasteiger partial charge in [-0.3, -0.25) is 0 Å². The summed E-state index contributed by atoms with van der Waals surface area (Å²) in [5, 5.41) is 0. The molecule has 4 heteroatoms. The Labute approximate surface area is 117 Å². The topological polar surface area (TPSA) is 21.1 Å². The van der Waals surface area contributed by atoms with E-state index < -0.39 is 0 Å². The molecule has 0 unspecified atom stereocenters. The van der Waals surface area contributed by atoms with E-state index in [9.17, 15) is 0 Å². The van der Waals surface area contributed by atoms with Crippen LogP contribution in [0.2, 0.25) is 0 Å². The van der Waals surface area contributed by atoms with E-state index in [0.29, 0.717) is 0 Å². The Hall–Kier alpha value is -1.29. The summed E-state index contributed by atoms with van der Waals surface area (Å²) in [5.41, 5.74) is 3.83. The van der Waals surface area contributed by atoms with Gasteiger partial charge >= 0.3 is 0 Å². The molecular formula is C14H18BrN3. The van der Waals surface area contributed by atoms with Gasteiger partial charge in [0.15, 0.2) is 0 Å². The normalized spacial score (nSPS) is 10.7. The lowest BCUT2D eigenvalue weighted by Gasteiger charge is -2.12. The van der Waals surface area contributed by atoms with Gasteiger partial charge < -0.3 is 9.47 Å². The largest absolute Gasteiger partial charge is 0.378 e. The molecule has 0 N–H and O–H groups in total. The molecule has 1 aromatic heterocycles. The van der Waals surface area contributed by atoms with Crippen molar-refractivity contribution < 1.29 is 0 Å². The van der Waals surface area contributed by atoms with E-state index in [0.717, 1.165) is 17.4 Å². The van der Waals surface area contributed by atoms with Gasteiger partial charge in [-0.25, -0.2) is 4.98 Å². The molecule has 0 aliphatic rings. The third-order valence-corrected chi connectivity index (χ3v) is 3.77. The first-order valence-electron chi connectivity index (χ1n) is 6.00. The lowest BCUT2D eigenvalue weighted by Crippen LogP contribution is -2.08. The zero-order valence-electron chi connectivity index (χ0n) is 11.0. The van der Waals surface area contributed by atoms with Gasteiger partial charge in [-0.05, 0) is 46.5 Å². The highest BCUT2D eigenvalue weighted by Gasteiger charge is 2.06. The number of rotatable bonds is 4. The maximum absolute atomic E-state index is 4.24. The average molecular weight is 308 g/mol. The number of hydrogen-bond acceptors (Lipinski definition) is 2. The molecule has 1 aromatic carbocycles. The van der Waals surface area contributed by atoms with E-state index in [4.69, 9.17) is 0 Å². The molecule has 0 saturated heterocycles. The number of benzene rings is 1. The van der Waals surface area contributed by atoms with Crippen LogP contribution in [0.5, 0.6) is 0 Å². The van der Waals surface area contributed by atoms with Crippen molar-refractivity contribution in [2.75, 3.05) is 19.0 Å². The van der Waals surface area contributed by atoms with E-state index in [2.05, 4.69) is 68.7 Å². The monoisotopic (exact) mass is 307 g/mol. The third kappa shape index (κ3) is 2.93. The van der Waals surface area contributed by atoms with Gasteiger partial charge in [0, 0.05) is 26.8 Å². The van der Waals surface area contributed by atoms with Crippen LogP contribution < -0.4 is 4.90 Å². The summed E-state index contributed by atoms with van der Waals surface area (Å²) in [7, 11) is 6.14. The van der Waals surface area contributed by atoms with Gasteiger partial charge in [0.05, 0.1) is 12.0 Å². The SMILES string of the molecule is CN(C)c1ccc(CCc2c(Br)ncn2C)cc1. The molecule has 0 aliphatic heterocycles. The second-order valence-electron chi connectivity index (χ2n) is 4.65. The van der Waals surface area contributed by atoms with Crippen LogP contribution in [0.4, 0.5) is 5.69 Å². The first-order valence-corrected chi connectivity index (χ1v) is 6.79. The zero-order chi connectivity index (χ0) is 13.1. The minimum absolute atomic E-state index is 0.954. The van der Waals surface area contributed by atoms with Crippen molar-refractivity contribution in [1.82, 2.24) is 9.55 Å². The molecule has 3 nitrogen and oxygen atoms in total. The second kappa shape index (κ2) is 5.57. The molecule has 0 amide bonds. The number of imidazole rings is 1. The van der Waals surface area contributed by atoms with E-state index >= 15 is 0 Å². The maximum atomic E-state index is 4.24. The molecule has 0 saturated carbocycles. The first kappa shape index (κ1) is 13.1. The maximum Gasteiger partial charge on any atom is 0.127 e. The summed E-state index contributed by atoms with van der Waals surface area (Å²) >= 11 is 3.48. The van der Waals surface area contributed by atoms with Crippen molar-refractivity contribution in [2.24, 2.45) is 7.05 Å². The van der Waals surface area contributed by atoms with Crippen molar-refractivity contribution in [3.63, 3.8) is 0 Å². The number of aromatic nitrogens is 2. The van der Waals surface area contributed by atoms with Crippen LogP contribution in [-0.4, -0.2) is 23.6 Å². The Morgan fingerprint density at radius 2 is 1.83 bits per heavy atom. The highest BCUT2D eigenvalue weighted by molar-refractivity contribution is 9.10. The molecule has 2 rings (SSSR count). The quantitative estimate of drug-likeness (QED) is 0.865. The first-order chi connectivity index (χ1) is 8.58. The molecule has 0 aliphatic carbocycles. The van der Waals surface area contributed by atoms with E-state index in [1.165, 1.54) is 16.9 Å². The molecule has 1 heterocycles. The van der Waals surface area contributed by atoms with E-state index in [1.54, 1.807) is 0 Å². The lowest BCUT2D eigenvalue weighted by molar-refractivity contribution is 0.795. The van der Waals surface area contributed by atoms with Crippen molar-refractivity contribution in [2.45, 2.75) is 12.8 Å². The fourth-order valence-electron chi connectivity index (χ4n) is 1.93. The second-order valence-corrected chi connectivity index (χ2v) is 5.40. The fraction of sp³-hybridized carbons (Fsp3) is 0.357. The number of aryl methyl sites for hydroxylation is 2. The zero-order valence-corrected chi connectivity index (χ0v) is 12.6. The number of nitrogens with zero attached hydrogens (tertiary/aromatic N) is 3. The Kier molecular flexibility index (Phi) is 4.07. The standard InChI is InChI=1S/C14H18BrN3/c1-17(2)12-7-4-11(5-8-12)6-9-13-14(15)16-10-18(13)3/h4-5,7-8,10H,6,9H2,1-3H3. The van der Waals surface area contributed by atoms with Gasteiger partial charge in [-0.2, -0.15) is 0 Å². The van der Waals surface area contributed by atoms with Crippen molar-refractivity contribution in [3.05, 3.63) is 46.5 Å². The predicted molar refractivity (Wildman–Crippen MR) is 79.1 cm³/mol. The highest BCUT2D eigenvalue weighted by Crippen LogP contribution is 2.17. The van der Waals surface area contributed by atoms with Gasteiger partial charge in [-0.15, -0.1) is 0 Å². The highest BCUT2D eigenvalue weighted by atomic mass is 79.9. The third-order valence-electron chi connectivity index (χ3n) is 3.11. The Morgan fingerprint density at radius 1 is 1.17 bits per heavy atom. The van der Waals surface area contributed by atoms with Gasteiger partial charge in [-0.1, -0.05) is 12.1 Å². The lowest BCUT2D eigenvalue weighted by atomic mass is 10.1. The molecule has 0 radical (unpaired) electrons. The molecule has 2 aromatic rings. The van der Waals surface area contributed by atoms with Crippen LogP contribution in [0.25, 0.3) is 0 Å². The van der Waals surface area contributed by atoms with Crippen molar-refractivity contribution >= 4 is 21.6 Å². The predicted octanol–water partition coefficient (Wildman–Crippen LogP) is 3.03. The minimum Gasteiger partial charge on any atom is -0.378 e. The molecule has 18 heavy (non-hydrogen) atoms. The average Bonchev–Trinajstić information content (AvgIpc) is 2.67. The van der Waals surface area contributed by atoms with Crippen LogP contribution in [-0.2, 0) is 19.9 Å². The van der Waals surface area contributed by atoms with Crippen LogP contribution in [0.15, 0.2) is 35.2 Å². The van der Waals surface area contributed by atoms with Crippen LogP contribution in [0, 0.1) is 0 Å². The fourth-order valence-corrected chi connectivity index (χ4v) is 2.50. The molecule has 0 bridgehead atoms. The summed E-state index contributed by atoms with van der Waals surface area (Å²) in [4.78, 5) is 6.35. The van der Waals surface area contributed by atoms with E-state index in [-0.39, 0.29) is 0 Å². The van der Waals surface area contributed by atoms with Crippen molar-refractivity contribution in [1.29, 1.82) is 0 Å². The molecular weight excluding hydrogens is 290 g/mol. The Balaban J connectivity index is 2.02. The van der Waals surface area contributed by atoms with Gasteiger partial charge in [0.25, 0.3) is 0 Å². The number of halogens is 1. The summed E-state index contributed by atoms with van der Waals surface area (Å²) in [5.74, 6) is 0. The Morgan fingerprint density at radius 3 is 2.33 bits per heavy atom. The molecule has 0 spiro atoms. The van der Waals surface area contributed by atoms with Crippen LogP contribution >= 0.6 is 15.9 Å². The van der Waals surface area contributed by atoms with Crippen LogP contribution in [0.1, 0.15) is 11.3 Å². The van der Waals surface area contributed by atoms with E-state index in [1.807, 2.05) is 13.4 Å². The summed E-state index contributed by atoms with van der Waals surface area (Å²) in [6, 6.07) is 8.71. The molecule has 0 atom stereocenters. The number of anilines is 1. The van der Waals surface area contributed by atoms with Crippen LogP contribution in [0.3, 0.4) is 0 Å². The molecule has 96 valence electrons. The summed E-state index contributed by atoms with van der Waals surface area (Å²) in [6.45, 7) is 0. The molecule has 0 fully saturated rings. The number of hydrogen-bond donors (Lipinski definition) is 0. The van der Waals surface area contributed by atoms with Gasteiger partial charge in [0.2, 0.25) is 0 Å². The summed E-state index contributed by atoms with van der Waals surface area (Å²) < 4.78 is 3.02. The van der Waals surface area contributed by atoms with Crippen molar-refractivity contribution in [3.8, 4) is 0 Å². The Bertz CT molecular complexity index is 495.